The predicted octanol–water partition coefficient (Wildman–Crippen LogP) is 5.71. The number of hydrogen-bond donors (Lipinski definition) is 1. The summed E-state index contributed by atoms with van der Waals surface area (Å²) in [7, 11) is 3.27. The number of benzene rings is 1. The van der Waals surface area contributed by atoms with Gasteiger partial charge in [0.1, 0.15) is 11.5 Å². The summed E-state index contributed by atoms with van der Waals surface area (Å²) in [5.74, 6) is 3.42. The molecule has 5 aliphatic rings. The minimum absolute atomic E-state index is 0.0485. The van der Waals surface area contributed by atoms with Gasteiger partial charge in [0, 0.05) is 24.0 Å². The molecule has 0 amide bonds. The zero-order valence-electron chi connectivity index (χ0n) is 22.7. The molecule has 1 aromatic carbocycles. The Labute approximate surface area is 220 Å². The summed E-state index contributed by atoms with van der Waals surface area (Å²) in [4.78, 5) is 19.0. The third-order valence-electron chi connectivity index (χ3n) is 11.4. The van der Waals surface area contributed by atoms with E-state index in [0.717, 1.165) is 68.3 Å². The normalized spacial score (nSPS) is 42.5. The highest BCUT2D eigenvalue weighted by Crippen LogP contribution is 2.68. The number of aliphatic hydroxyl groups is 1. The van der Waals surface area contributed by atoms with Crippen LogP contribution in [0.4, 0.5) is 0 Å². The van der Waals surface area contributed by atoms with Gasteiger partial charge in [-0.3, -0.25) is 4.79 Å². The summed E-state index contributed by atoms with van der Waals surface area (Å²) >= 11 is 0. The van der Waals surface area contributed by atoms with Crippen molar-refractivity contribution in [1.82, 2.24) is 0 Å². The van der Waals surface area contributed by atoms with Gasteiger partial charge in [0.05, 0.1) is 26.0 Å². The molecule has 4 aliphatic carbocycles. The predicted molar refractivity (Wildman–Crippen MR) is 142 cm³/mol. The van der Waals surface area contributed by atoms with Crippen molar-refractivity contribution >= 4 is 12.0 Å². The first-order chi connectivity index (χ1) is 17.8. The zero-order valence-corrected chi connectivity index (χ0v) is 22.7. The maximum Gasteiger partial charge on any atom is 0.201 e. The lowest BCUT2D eigenvalue weighted by molar-refractivity contribution is -0.150. The standard InChI is InChI=1S/C31H41NO5/c1-29-13-11-20(34)15-19(29)5-7-22-24-9-10-28(30(24,2)14-12-25(22)29)31(18-33)17-26(32-37-31)23-8-6-21(35-3)16-27(23)36-4/h5-6,8,16,18,20,22,24-25,28,34H,7,9-15,17H2,1-4H3/t20-,22+,24+,25+,28?,29+,30+,31?/m1/s1. The molecule has 6 nitrogen and oxygen atoms in total. The number of allylic oxidation sites excluding steroid dienone is 1. The van der Waals surface area contributed by atoms with Gasteiger partial charge in [-0.1, -0.05) is 30.7 Å². The second-order valence-corrected chi connectivity index (χ2v) is 12.8. The van der Waals surface area contributed by atoms with E-state index in [4.69, 9.17) is 14.3 Å². The summed E-state index contributed by atoms with van der Waals surface area (Å²) in [5.41, 5.74) is 2.46. The van der Waals surface area contributed by atoms with Gasteiger partial charge in [-0.15, -0.1) is 0 Å². The summed E-state index contributed by atoms with van der Waals surface area (Å²) in [6.07, 6.45) is 12.2. The third-order valence-corrected chi connectivity index (χ3v) is 11.4. The number of aliphatic hydroxyl groups excluding tert-OH is 1. The van der Waals surface area contributed by atoms with E-state index in [1.165, 1.54) is 12.0 Å². The van der Waals surface area contributed by atoms with Crippen molar-refractivity contribution in [2.75, 3.05) is 14.2 Å². The molecule has 1 aliphatic heterocycles. The molecule has 0 radical (unpaired) electrons. The van der Waals surface area contributed by atoms with Crippen LogP contribution in [-0.4, -0.2) is 43.0 Å². The van der Waals surface area contributed by atoms with Gasteiger partial charge in [-0.2, -0.15) is 0 Å². The molecule has 0 spiro atoms. The van der Waals surface area contributed by atoms with Crippen LogP contribution in [0.5, 0.6) is 11.5 Å². The molecule has 0 aromatic heterocycles. The number of aldehydes is 1. The first-order valence-electron chi connectivity index (χ1n) is 14.1. The van der Waals surface area contributed by atoms with Crippen LogP contribution >= 0.6 is 0 Å². The van der Waals surface area contributed by atoms with E-state index in [2.05, 4.69) is 25.1 Å². The number of oxime groups is 1. The number of carbonyl (C=O) groups is 1. The minimum Gasteiger partial charge on any atom is -0.497 e. The molecule has 6 rings (SSSR count). The molecule has 0 bridgehead atoms. The Morgan fingerprint density at radius 3 is 2.68 bits per heavy atom. The highest BCUT2D eigenvalue weighted by atomic mass is 16.7. The van der Waals surface area contributed by atoms with Gasteiger partial charge in [0.25, 0.3) is 0 Å². The highest BCUT2D eigenvalue weighted by Gasteiger charge is 2.64. The Morgan fingerprint density at radius 1 is 1.08 bits per heavy atom. The van der Waals surface area contributed by atoms with Crippen molar-refractivity contribution in [3.8, 4) is 11.5 Å². The fraction of sp³-hybridized carbons (Fsp3) is 0.677. The Bertz CT molecular complexity index is 1140. The number of hydrogen-bond acceptors (Lipinski definition) is 6. The van der Waals surface area contributed by atoms with E-state index in [9.17, 15) is 9.90 Å². The summed E-state index contributed by atoms with van der Waals surface area (Å²) in [5, 5.41) is 14.8. The summed E-state index contributed by atoms with van der Waals surface area (Å²) in [6, 6.07) is 5.69. The molecule has 37 heavy (non-hydrogen) atoms. The molecular weight excluding hydrogens is 466 g/mol. The van der Waals surface area contributed by atoms with Crippen molar-refractivity contribution in [2.24, 2.45) is 39.7 Å². The molecule has 1 aromatic rings. The van der Waals surface area contributed by atoms with Gasteiger partial charge >= 0.3 is 0 Å². The van der Waals surface area contributed by atoms with Gasteiger partial charge in [-0.05, 0) is 92.1 Å². The Hall–Kier alpha value is -2.34. The van der Waals surface area contributed by atoms with Crippen LogP contribution in [0.15, 0.2) is 35.0 Å². The van der Waals surface area contributed by atoms with Crippen LogP contribution in [0.25, 0.3) is 0 Å². The van der Waals surface area contributed by atoms with Crippen LogP contribution < -0.4 is 9.47 Å². The topological polar surface area (TPSA) is 77.4 Å². The maximum atomic E-state index is 12.8. The van der Waals surface area contributed by atoms with E-state index in [-0.39, 0.29) is 22.9 Å². The van der Waals surface area contributed by atoms with Crippen molar-refractivity contribution in [2.45, 2.75) is 83.3 Å². The van der Waals surface area contributed by atoms with Crippen molar-refractivity contribution in [3.63, 3.8) is 0 Å². The molecule has 3 saturated carbocycles. The van der Waals surface area contributed by atoms with Crippen LogP contribution in [-0.2, 0) is 9.63 Å². The van der Waals surface area contributed by atoms with E-state index >= 15 is 0 Å². The largest absolute Gasteiger partial charge is 0.497 e. The quantitative estimate of drug-likeness (QED) is 0.408. The van der Waals surface area contributed by atoms with Crippen molar-refractivity contribution in [3.05, 3.63) is 35.4 Å². The van der Waals surface area contributed by atoms with Crippen molar-refractivity contribution < 1.29 is 24.2 Å². The number of nitrogens with zero attached hydrogens (tertiary/aromatic N) is 1. The van der Waals surface area contributed by atoms with Crippen LogP contribution in [0.1, 0.15) is 77.2 Å². The molecule has 1 heterocycles. The molecule has 0 saturated heterocycles. The summed E-state index contributed by atoms with van der Waals surface area (Å²) < 4.78 is 11.0. The smallest absolute Gasteiger partial charge is 0.201 e. The average Bonchev–Trinajstić information content (AvgIpc) is 3.50. The number of carbonyl (C=O) groups excluding carboxylic acids is 1. The first kappa shape index (κ1) is 25.0. The second kappa shape index (κ2) is 8.86. The number of fused-ring (bicyclic) bond motifs is 5. The lowest BCUT2D eigenvalue weighted by Gasteiger charge is -2.58. The summed E-state index contributed by atoms with van der Waals surface area (Å²) in [6.45, 7) is 4.89. The monoisotopic (exact) mass is 507 g/mol. The fourth-order valence-electron chi connectivity index (χ4n) is 9.42. The first-order valence-corrected chi connectivity index (χ1v) is 14.1. The van der Waals surface area contributed by atoms with Crippen LogP contribution in [0.3, 0.4) is 0 Å². The maximum absolute atomic E-state index is 12.8. The SMILES string of the molecule is COc1ccc(C2=NOC(C=O)(C3CC[C@H]4[C@@H]5CC=C6C[C@H](O)CC[C@]6(C)[C@H]5CC[C@]34C)C2)c(OC)c1. The lowest BCUT2D eigenvalue weighted by Crippen LogP contribution is -2.54. The van der Waals surface area contributed by atoms with Crippen LogP contribution in [0.2, 0.25) is 0 Å². The minimum atomic E-state index is -0.925. The van der Waals surface area contributed by atoms with Gasteiger partial charge in [-0.25, -0.2) is 0 Å². The molecule has 6 heteroatoms. The molecule has 3 fully saturated rings. The van der Waals surface area contributed by atoms with E-state index in [1.807, 2.05) is 18.2 Å². The zero-order chi connectivity index (χ0) is 26.0. The average molecular weight is 508 g/mol. The number of rotatable bonds is 5. The highest BCUT2D eigenvalue weighted by molar-refractivity contribution is 6.05. The molecule has 8 atom stereocenters. The van der Waals surface area contributed by atoms with E-state index in [0.29, 0.717) is 29.9 Å². The Balaban J connectivity index is 1.27. The van der Waals surface area contributed by atoms with E-state index in [1.54, 1.807) is 14.2 Å². The molecule has 1 N–H and O–H groups in total. The number of ether oxygens (including phenoxy) is 2. The van der Waals surface area contributed by atoms with Gasteiger partial charge in [0.2, 0.25) is 5.60 Å². The second-order valence-electron chi connectivity index (χ2n) is 12.8. The number of methoxy groups -OCH3 is 2. The third kappa shape index (κ3) is 3.61. The molecule has 200 valence electrons. The Morgan fingerprint density at radius 2 is 1.92 bits per heavy atom. The van der Waals surface area contributed by atoms with Crippen LogP contribution in [0, 0.1) is 34.5 Å². The fourth-order valence-corrected chi connectivity index (χ4v) is 9.42. The lowest BCUT2D eigenvalue weighted by atomic mass is 9.46. The molecule has 2 unspecified atom stereocenters. The van der Waals surface area contributed by atoms with Crippen molar-refractivity contribution in [1.29, 1.82) is 0 Å². The van der Waals surface area contributed by atoms with Gasteiger partial charge in [0.15, 0.2) is 6.29 Å². The Kier molecular flexibility index (Phi) is 5.98. The van der Waals surface area contributed by atoms with Gasteiger partial charge < -0.3 is 19.4 Å². The van der Waals surface area contributed by atoms with E-state index < -0.39 is 5.60 Å². The molecular formula is C31H41NO5.